The Morgan fingerprint density at radius 1 is 1.38 bits per heavy atom. The van der Waals surface area contributed by atoms with Crippen LogP contribution < -0.4 is 9.96 Å². The SMILES string of the molecule is COc1ccc(/C(=C\C(C)=O)CSc2nnc(-c3ccc([NH+]([O-])O)o3)s2)c(C)c1. The zero-order chi connectivity index (χ0) is 21.0. The fourth-order valence-corrected chi connectivity index (χ4v) is 4.45. The lowest BCUT2D eigenvalue weighted by molar-refractivity contribution is -0.997. The lowest BCUT2D eigenvalue weighted by atomic mass is 10.0. The number of aryl methyl sites for hydroxylation is 1. The van der Waals surface area contributed by atoms with E-state index in [9.17, 15) is 10.0 Å². The van der Waals surface area contributed by atoms with Crippen LogP contribution in [0.15, 0.2) is 45.2 Å². The Labute approximate surface area is 175 Å². The monoisotopic (exact) mass is 433 g/mol. The number of hydrogen-bond acceptors (Lipinski definition) is 9. The van der Waals surface area contributed by atoms with E-state index in [4.69, 9.17) is 14.4 Å². The molecule has 152 valence electrons. The topological polar surface area (TPSA) is 113 Å². The zero-order valence-electron chi connectivity index (χ0n) is 16.0. The third kappa shape index (κ3) is 5.31. The summed E-state index contributed by atoms with van der Waals surface area (Å²) in [6.45, 7) is 3.49. The highest BCUT2D eigenvalue weighted by Crippen LogP contribution is 2.34. The van der Waals surface area contributed by atoms with Gasteiger partial charge in [-0.2, -0.15) is 5.23 Å². The van der Waals surface area contributed by atoms with Crippen molar-refractivity contribution in [3.05, 3.63) is 52.7 Å². The number of aromatic nitrogens is 2. The highest BCUT2D eigenvalue weighted by Gasteiger charge is 2.15. The molecule has 2 N–H and O–H groups in total. The molecule has 0 saturated heterocycles. The van der Waals surface area contributed by atoms with E-state index in [0.29, 0.717) is 20.9 Å². The molecular formula is C19H19N3O5S2. The van der Waals surface area contributed by atoms with Crippen molar-refractivity contribution in [2.24, 2.45) is 0 Å². The molecule has 2 heterocycles. The second-order valence-corrected chi connectivity index (χ2v) is 8.29. The number of thioether (sulfide) groups is 1. The van der Waals surface area contributed by atoms with Gasteiger partial charge in [-0.1, -0.05) is 29.2 Å². The molecule has 0 radical (unpaired) electrons. The van der Waals surface area contributed by atoms with Gasteiger partial charge >= 0.3 is 5.88 Å². The van der Waals surface area contributed by atoms with E-state index in [1.54, 1.807) is 19.3 Å². The van der Waals surface area contributed by atoms with Crippen LogP contribution in [0.1, 0.15) is 18.1 Å². The van der Waals surface area contributed by atoms with Gasteiger partial charge in [0.05, 0.1) is 7.11 Å². The normalized spacial score (nSPS) is 12.8. The molecule has 10 heteroatoms. The van der Waals surface area contributed by atoms with Crippen LogP contribution in [-0.4, -0.2) is 34.1 Å². The minimum atomic E-state index is -1.13. The summed E-state index contributed by atoms with van der Waals surface area (Å²) in [5.41, 5.74) is 2.85. The van der Waals surface area contributed by atoms with Gasteiger partial charge in [0.1, 0.15) is 5.75 Å². The maximum atomic E-state index is 11.7. The second-order valence-electron chi connectivity index (χ2n) is 6.09. The lowest BCUT2D eigenvalue weighted by Crippen LogP contribution is -2.99. The first-order valence-corrected chi connectivity index (χ1v) is 10.3. The molecular weight excluding hydrogens is 414 g/mol. The summed E-state index contributed by atoms with van der Waals surface area (Å²) in [4.78, 5) is 11.7. The summed E-state index contributed by atoms with van der Waals surface area (Å²) in [6.07, 6.45) is 1.62. The minimum absolute atomic E-state index is 0.0365. The average Bonchev–Trinajstić information content (AvgIpc) is 3.34. The summed E-state index contributed by atoms with van der Waals surface area (Å²) in [5.74, 6) is 1.46. The van der Waals surface area contributed by atoms with Crippen molar-refractivity contribution >= 4 is 40.3 Å². The van der Waals surface area contributed by atoms with Gasteiger partial charge < -0.3 is 14.4 Å². The van der Waals surface area contributed by atoms with Crippen molar-refractivity contribution in [1.29, 1.82) is 0 Å². The number of carbonyl (C=O) groups is 1. The van der Waals surface area contributed by atoms with E-state index in [1.807, 2.05) is 25.1 Å². The Balaban J connectivity index is 1.77. The summed E-state index contributed by atoms with van der Waals surface area (Å²) in [5, 5.41) is 27.5. The third-order valence-electron chi connectivity index (χ3n) is 3.94. The predicted molar refractivity (Wildman–Crippen MR) is 111 cm³/mol. The molecule has 0 fully saturated rings. The Hall–Kier alpha value is -2.50. The lowest BCUT2D eigenvalue weighted by Gasteiger charge is -2.11. The van der Waals surface area contributed by atoms with Crippen LogP contribution in [0.2, 0.25) is 0 Å². The van der Waals surface area contributed by atoms with Gasteiger partial charge in [0.25, 0.3) is 0 Å². The Morgan fingerprint density at radius 2 is 2.17 bits per heavy atom. The molecule has 8 nitrogen and oxygen atoms in total. The molecule has 0 spiro atoms. The van der Waals surface area contributed by atoms with E-state index in [1.165, 1.54) is 36.1 Å². The molecule has 0 saturated carbocycles. The van der Waals surface area contributed by atoms with E-state index in [-0.39, 0.29) is 11.7 Å². The first-order chi connectivity index (χ1) is 13.9. The largest absolute Gasteiger partial charge is 0.592 e. The van der Waals surface area contributed by atoms with E-state index in [2.05, 4.69) is 10.2 Å². The maximum absolute atomic E-state index is 11.7. The Bertz CT molecular complexity index is 1040. The number of quaternary nitrogens is 1. The fraction of sp³-hybridized carbons (Fsp3) is 0.211. The highest BCUT2D eigenvalue weighted by atomic mass is 32.2. The van der Waals surface area contributed by atoms with Crippen molar-refractivity contribution in [2.75, 3.05) is 12.9 Å². The average molecular weight is 434 g/mol. The standard InChI is InChI=1S/C19H19N3O5S2/c1-11-8-14(26-3)4-5-15(11)13(9-12(2)23)10-28-19-21-20-18(29-19)16-6-7-17(27-16)22(24)25/h4-9,22,24H,10H2,1-3H3/b13-9-. The number of furan rings is 1. The summed E-state index contributed by atoms with van der Waals surface area (Å²) in [7, 11) is 1.61. The molecule has 0 aliphatic rings. The van der Waals surface area contributed by atoms with E-state index >= 15 is 0 Å². The Morgan fingerprint density at radius 3 is 2.79 bits per heavy atom. The van der Waals surface area contributed by atoms with Crippen molar-refractivity contribution in [3.63, 3.8) is 0 Å². The van der Waals surface area contributed by atoms with Crippen molar-refractivity contribution in [2.45, 2.75) is 18.2 Å². The molecule has 29 heavy (non-hydrogen) atoms. The number of allylic oxidation sites excluding steroid dienone is 1. The van der Waals surface area contributed by atoms with Gasteiger partial charge in [0, 0.05) is 11.8 Å². The molecule has 1 aromatic carbocycles. The predicted octanol–water partition coefficient (Wildman–Crippen LogP) is 3.28. The number of ketones is 1. The first-order valence-electron chi connectivity index (χ1n) is 8.53. The number of rotatable bonds is 8. The fourth-order valence-electron chi connectivity index (χ4n) is 2.64. The number of benzene rings is 1. The molecule has 2 aromatic heterocycles. The van der Waals surface area contributed by atoms with Crippen LogP contribution in [0.4, 0.5) is 5.88 Å². The number of methoxy groups -OCH3 is 1. The number of hydrogen-bond donors (Lipinski definition) is 2. The van der Waals surface area contributed by atoms with Crippen molar-refractivity contribution in [1.82, 2.24) is 10.2 Å². The van der Waals surface area contributed by atoms with Crippen molar-refractivity contribution < 1.29 is 24.4 Å². The molecule has 3 rings (SSSR count). The number of ether oxygens (including phenoxy) is 1. The maximum Gasteiger partial charge on any atom is 0.328 e. The van der Waals surface area contributed by atoms with Gasteiger partial charge in [-0.05, 0) is 54.8 Å². The van der Waals surface area contributed by atoms with Crippen LogP contribution in [0.5, 0.6) is 5.75 Å². The smallest absolute Gasteiger partial charge is 0.328 e. The van der Waals surface area contributed by atoms with Crippen LogP contribution in [0, 0.1) is 12.1 Å². The molecule has 0 aliphatic heterocycles. The van der Waals surface area contributed by atoms with Crippen LogP contribution in [0.3, 0.4) is 0 Å². The van der Waals surface area contributed by atoms with Gasteiger partial charge in [0.15, 0.2) is 20.9 Å². The minimum Gasteiger partial charge on any atom is -0.592 e. The van der Waals surface area contributed by atoms with Crippen LogP contribution in [0.25, 0.3) is 16.3 Å². The highest BCUT2D eigenvalue weighted by molar-refractivity contribution is 8.01. The third-order valence-corrected chi connectivity index (χ3v) is 6.06. The molecule has 1 unspecified atom stereocenters. The molecule has 3 aromatic rings. The summed E-state index contributed by atoms with van der Waals surface area (Å²) >= 11 is 2.75. The molecule has 0 amide bonds. The van der Waals surface area contributed by atoms with Gasteiger partial charge in [0.2, 0.25) is 0 Å². The molecule has 0 bridgehead atoms. The summed E-state index contributed by atoms with van der Waals surface area (Å²) in [6, 6.07) is 8.66. The Kier molecular flexibility index (Phi) is 6.83. The molecule has 1 atom stereocenters. The van der Waals surface area contributed by atoms with E-state index in [0.717, 1.165) is 22.4 Å². The number of carbonyl (C=O) groups excluding carboxylic acids is 1. The van der Waals surface area contributed by atoms with Gasteiger partial charge in [-0.15, -0.1) is 10.2 Å². The van der Waals surface area contributed by atoms with Gasteiger partial charge in [-0.3, -0.25) is 4.79 Å². The zero-order valence-corrected chi connectivity index (χ0v) is 17.6. The quantitative estimate of drug-likeness (QED) is 0.316. The van der Waals surface area contributed by atoms with Crippen LogP contribution >= 0.6 is 23.1 Å². The first kappa shape index (κ1) is 21.2. The number of nitrogens with one attached hydrogen (secondary N) is 1. The molecule has 0 aliphatic carbocycles. The summed E-state index contributed by atoms with van der Waals surface area (Å²) < 4.78 is 11.2. The second kappa shape index (κ2) is 9.33. The van der Waals surface area contributed by atoms with Gasteiger partial charge in [-0.25, -0.2) is 5.21 Å². The number of nitrogens with zero attached hydrogens (tertiary/aromatic N) is 2. The van der Waals surface area contributed by atoms with E-state index < -0.39 is 5.23 Å². The van der Waals surface area contributed by atoms with Crippen molar-refractivity contribution in [3.8, 4) is 16.5 Å². The van der Waals surface area contributed by atoms with Crippen LogP contribution in [-0.2, 0) is 4.79 Å².